The summed E-state index contributed by atoms with van der Waals surface area (Å²) in [6.45, 7) is 2.49. The Labute approximate surface area is 118 Å². The van der Waals surface area contributed by atoms with Crippen molar-refractivity contribution in [2.24, 2.45) is 0 Å². The fourth-order valence-electron chi connectivity index (χ4n) is 1.65. The summed E-state index contributed by atoms with van der Waals surface area (Å²) in [5.74, 6) is 0. The van der Waals surface area contributed by atoms with Crippen LogP contribution in [0.5, 0.6) is 0 Å². The summed E-state index contributed by atoms with van der Waals surface area (Å²) in [7, 11) is -0.857. The lowest BCUT2D eigenvalue weighted by Gasteiger charge is -2.07. The van der Waals surface area contributed by atoms with Gasteiger partial charge >= 0.3 is 0 Å². The molecule has 0 aliphatic rings. The summed E-state index contributed by atoms with van der Waals surface area (Å²) < 4.78 is 16.6. The van der Waals surface area contributed by atoms with Gasteiger partial charge in [0.1, 0.15) is 5.52 Å². The Hall–Kier alpha value is -1.96. The summed E-state index contributed by atoms with van der Waals surface area (Å²) >= 11 is 0. The maximum Gasteiger partial charge on any atom is 0.295 e. The van der Waals surface area contributed by atoms with Gasteiger partial charge < -0.3 is 9.73 Å². The summed E-state index contributed by atoms with van der Waals surface area (Å²) in [6, 6.07) is 4.58. The molecule has 0 bridgehead atoms. The Kier molecular flexibility index (Phi) is 4.33. The maximum atomic E-state index is 11.2. The van der Waals surface area contributed by atoms with Gasteiger partial charge in [0.05, 0.1) is 4.92 Å². The molecule has 0 amide bonds. The van der Waals surface area contributed by atoms with Crippen molar-refractivity contribution in [1.82, 2.24) is 4.98 Å². The first kappa shape index (κ1) is 14.4. The molecule has 1 aromatic heterocycles. The van der Waals surface area contributed by atoms with Gasteiger partial charge in [-0.15, -0.1) is 0 Å². The number of rotatable bonds is 6. The van der Waals surface area contributed by atoms with Crippen LogP contribution in [-0.2, 0) is 10.8 Å². The number of hydrogen-bond acceptors (Lipinski definition) is 6. The van der Waals surface area contributed by atoms with Gasteiger partial charge in [-0.1, -0.05) is 6.92 Å². The number of nitro groups is 1. The number of aromatic nitrogens is 1. The molecular weight excluding hydrogens is 282 g/mol. The van der Waals surface area contributed by atoms with Crippen LogP contribution in [0.1, 0.15) is 13.3 Å². The molecule has 0 saturated carbocycles. The van der Waals surface area contributed by atoms with Gasteiger partial charge in [-0.2, -0.15) is 4.98 Å². The molecule has 0 radical (unpaired) electrons. The van der Waals surface area contributed by atoms with Crippen molar-refractivity contribution in [3.63, 3.8) is 0 Å². The minimum Gasteiger partial charge on any atom is -0.424 e. The number of fused-ring (bicyclic) bond motifs is 1. The minimum absolute atomic E-state index is 0.0210. The molecule has 1 N–H and O–H groups in total. The predicted octanol–water partition coefficient (Wildman–Crippen LogP) is 2.30. The molecule has 2 rings (SSSR count). The SMILES string of the molecule is CC(CCNc1nc2cc([N+](=O)[O-])ccc2o1)S(C)=O. The quantitative estimate of drug-likeness (QED) is 0.649. The highest BCUT2D eigenvalue weighted by Crippen LogP contribution is 2.23. The van der Waals surface area contributed by atoms with E-state index in [1.807, 2.05) is 6.92 Å². The zero-order valence-corrected chi connectivity index (χ0v) is 12.0. The van der Waals surface area contributed by atoms with Crippen LogP contribution in [0.15, 0.2) is 22.6 Å². The molecule has 7 nitrogen and oxygen atoms in total. The van der Waals surface area contributed by atoms with Crippen LogP contribution in [0.25, 0.3) is 11.1 Å². The molecule has 8 heteroatoms. The zero-order chi connectivity index (χ0) is 14.7. The van der Waals surface area contributed by atoms with Gasteiger partial charge in [0.15, 0.2) is 5.58 Å². The lowest BCUT2D eigenvalue weighted by molar-refractivity contribution is -0.384. The second kappa shape index (κ2) is 6.00. The van der Waals surface area contributed by atoms with E-state index in [0.29, 0.717) is 23.7 Å². The van der Waals surface area contributed by atoms with Crippen LogP contribution in [0, 0.1) is 10.1 Å². The van der Waals surface area contributed by atoms with Crippen LogP contribution < -0.4 is 5.32 Å². The first-order valence-corrected chi connectivity index (χ1v) is 7.70. The number of nitro benzene ring substituents is 1. The number of benzene rings is 1. The van der Waals surface area contributed by atoms with E-state index in [1.165, 1.54) is 18.2 Å². The van der Waals surface area contributed by atoms with E-state index in [4.69, 9.17) is 4.42 Å². The first-order valence-electron chi connectivity index (χ1n) is 6.08. The zero-order valence-electron chi connectivity index (χ0n) is 11.2. The predicted molar refractivity (Wildman–Crippen MR) is 77.3 cm³/mol. The summed E-state index contributed by atoms with van der Waals surface area (Å²) in [5.41, 5.74) is 0.909. The molecule has 1 aromatic carbocycles. The van der Waals surface area contributed by atoms with Crippen molar-refractivity contribution in [1.29, 1.82) is 0 Å². The van der Waals surface area contributed by atoms with E-state index in [2.05, 4.69) is 10.3 Å². The molecule has 0 saturated heterocycles. The van der Waals surface area contributed by atoms with Crippen molar-refractivity contribution in [3.8, 4) is 0 Å². The monoisotopic (exact) mass is 297 g/mol. The Bertz CT molecular complexity index is 655. The molecular formula is C12H15N3O4S. The smallest absolute Gasteiger partial charge is 0.295 e. The third-order valence-corrected chi connectivity index (χ3v) is 4.34. The van der Waals surface area contributed by atoms with E-state index in [1.54, 1.807) is 6.26 Å². The number of nitrogens with one attached hydrogen (secondary N) is 1. The van der Waals surface area contributed by atoms with Crippen LogP contribution in [0.4, 0.5) is 11.7 Å². The molecule has 0 fully saturated rings. The van der Waals surface area contributed by atoms with Crippen molar-refractivity contribution in [2.45, 2.75) is 18.6 Å². The van der Waals surface area contributed by atoms with Crippen molar-refractivity contribution >= 4 is 33.6 Å². The highest BCUT2D eigenvalue weighted by molar-refractivity contribution is 7.84. The molecule has 0 aliphatic carbocycles. The minimum atomic E-state index is -0.857. The van der Waals surface area contributed by atoms with Crippen LogP contribution in [-0.4, -0.2) is 32.2 Å². The van der Waals surface area contributed by atoms with E-state index < -0.39 is 15.7 Å². The summed E-state index contributed by atoms with van der Waals surface area (Å²) in [4.78, 5) is 14.3. The third-order valence-electron chi connectivity index (χ3n) is 2.98. The maximum absolute atomic E-state index is 11.2. The van der Waals surface area contributed by atoms with Crippen molar-refractivity contribution in [2.75, 3.05) is 18.1 Å². The Morgan fingerprint density at radius 3 is 2.95 bits per heavy atom. The van der Waals surface area contributed by atoms with Gasteiger partial charge in [-0.05, 0) is 12.5 Å². The number of non-ortho nitro benzene ring substituents is 1. The van der Waals surface area contributed by atoms with Gasteiger partial charge in [0.25, 0.3) is 11.7 Å². The molecule has 108 valence electrons. The molecule has 1 heterocycles. The van der Waals surface area contributed by atoms with Crippen LogP contribution in [0.2, 0.25) is 0 Å². The average Bonchev–Trinajstić information content (AvgIpc) is 2.79. The molecule has 2 aromatic rings. The standard InChI is InChI=1S/C12H15N3O4S/c1-8(20(2)18)5-6-13-12-14-10-7-9(15(16)17)3-4-11(10)19-12/h3-4,7-8H,5-6H2,1-2H3,(H,13,14). The van der Waals surface area contributed by atoms with Gasteiger partial charge in [0.2, 0.25) is 0 Å². The summed E-state index contributed by atoms with van der Waals surface area (Å²) in [5, 5.41) is 13.7. The Morgan fingerprint density at radius 1 is 1.55 bits per heavy atom. The second-order valence-electron chi connectivity index (χ2n) is 4.45. The molecule has 0 spiro atoms. The molecule has 0 aliphatic heterocycles. The normalized spacial score (nSPS) is 14.1. The number of hydrogen-bond donors (Lipinski definition) is 1. The largest absolute Gasteiger partial charge is 0.424 e. The van der Waals surface area contributed by atoms with Crippen LogP contribution >= 0.6 is 0 Å². The highest BCUT2D eigenvalue weighted by atomic mass is 32.2. The molecule has 20 heavy (non-hydrogen) atoms. The van der Waals surface area contributed by atoms with Gasteiger partial charge in [0, 0.05) is 41.0 Å². The van der Waals surface area contributed by atoms with E-state index in [0.717, 1.165) is 6.42 Å². The lowest BCUT2D eigenvalue weighted by atomic mass is 10.3. The summed E-state index contributed by atoms with van der Waals surface area (Å²) in [6.07, 6.45) is 2.39. The van der Waals surface area contributed by atoms with E-state index in [9.17, 15) is 14.3 Å². The highest BCUT2D eigenvalue weighted by Gasteiger charge is 2.12. The van der Waals surface area contributed by atoms with Crippen LogP contribution in [0.3, 0.4) is 0 Å². The first-order chi connectivity index (χ1) is 9.47. The van der Waals surface area contributed by atoms with Crippen molar-refractivity contribution < 1.29 is 13.5 Å². The fraction of sp³-hybridized carbons (Fsp3) is 0.417. The van der Waals surface area contributed by atoms with Gasteiger partial charge in [-0.25, -0.2) is 0 Å². The van der Waals surface area contributed by atoms with E-state index >= 15 is 0 Å². The Balaban J connectivity index is 2.04. The van der Waals surface area contributed by atoms with E-state index in [-0.39, 0.29) is 10.9 Å². The number of oxazole rings is 1. The average molecular weight is 297 g/mol. The molecule has 2 atom stereocenters. The fourth-order valence-corrected chi connectivity index (χ4v) is 2.10. The second-order valence-corrected chi connectivity index (χ2v) is 6.25. The Morgan fingerprint density at radius 2 is 2.30 bits per heavy atom. The number of nitrogens with zero attached hydrogens (tertiary/aromatic N) is 2. The third kappa shape index (κ3) is 3.32. The van der Waals surface area contributed by atoms with Crippen molar-refractivity contribution in [3.05, 3.63) is 28.3 Å². The number of anilines is 1. The lowest BCUT2D eigenvalue weighted by Crippen LogP contribution is -2.14. The topological polar surface area (TPSA) is 98.3 Å². The molecule has 2 unspecified atom stereocenters. The van der Waals surface area contributed by atoms with Gasteiger partial charge in [-0.3, -0.25) is 14.3 Å².